The van der Waals surface area contributed by atoms with Gasteiger partial charge < -0.3 is 14.1 Å². The maximum Gasteiger partial charge on any atom is 0.209 e. The van der Waals surface area contributed by atoms with Gasteiger partial charge in [-0.25, -0.2) is 0 Å². The Bertz CT molecular complexity index is 1000. The van der Waals surface area contributed by atoms with Crippen LogP contribution in [0.4, 0.5) is 5.69 Å². The molecule has 0 atom stereocenters. The predicted octanol–water partition coefficient (Wildman–Crippen LogP) is 5.00. The van der Waals surface area contributed by atoms with Crippen LogP contribution in [0.3, 0.4) is 0 Å². The van der Waals surface area contributed by atoms with E-state index < -0.39 is 0 Å². The fourth-order valence-corrected chi connectivity index (χ4v) is 3.77. The third kappa shape index (κ3) is 2.49. The van der Waals surface area contributed by atoms with E-state index in [2.05, 4.69) is 66.9 Å². The highest BCUT2D eigenvalue weighted by Crippen LogP contribution is 2.39. The molecule has 0 unspecified atom stereocenters. The highest BCUT2D eigenvalue weighted by atomic mass is 16.5. The average molecular weight is 347 g/mol. The molecule has 0 bridgehead atoms. The molecule has 132 valence electrons. The van der Waals surface area contributed by atoms with Gasteiger partial charge in [-0.1, -0.05) is 18.2 Å². The molecule has 0 fully saturated rings. The second-order valence-corrected chi connectivity index (χ2v) is 7.06. The van der Waals surface area contributed by atoms with E-state index in [1.807, 2.05) is 18.2 Å². The molecule has 3 aromatic rings. The number of H-pyrrole nitrogens is 1. The third-order valence-corrected chi connectivity index (χ3v) is 5.17. The number of hydrogen-bond donors (Lipinski definition) is 1. The van der Waals surface area contributed by atoms with E-state index in [0.717, 1.165) is 22.9 Å². The first-order chi connectivity index (χ1) is 12.5. The summed E-state index contributed by atoms with van der Waals surface area (Å²) in [4.78, 5) is 3.39. The molecule has 26 heavy (non-hydrogen) atoms. The Labute approximate surface area is 153 Å². The molecule has 0 saturated carbocycles. The fraction of sp³-hybridized carbons (Fsp3) is 0.227. The zero-order chi connectivity index (χ0) is 18.3. The molecule has 1 aliphatic heterocycles. The Hall–Kier alpha value is -3.01. The van der Waals surface area contributed by atoms with E-state index in [4.69, 9.17) is 9.15 Å². The molecule has 0 radical (unpaired) electrons. The second-order valence-electron chi connectivity index (χ2n) is 7.06. The highest BCUT2D eigenvalue weighted by Gasteiger charge is 2.42. The summed E-state index contributed by atoms with van der Waals surface area (Å²) in [6.45, 7) is 4.52. The molecule has 1 aliphatic rings. The first kappa shape index (κ1) is 16.5. The van der Waals surface area contributed by atoms with Crippen LogP contribution in [0.2, 0.25) is 0 Å². The molecule has 0 spiro atoms. The van der Waals surface area contributed by atoms with Crippen LogP contribution in [0, 0.1) is 0 Å². The number of allylic oxidation sites excluding steroid dienone is 1. The van der Waals surface area contributed by atoms with E-state index >= 15 is 0 Å². The molecule has 1 N–H and O–H groups in total. The largest absolute Gasteiger partial charge is 0.494 e. The molecular formula is C22H23N2O2+. The van der Waals surface area contributed by atoms with Gasteiger partial charge >= 0.3 is 0 Å². The monoisotopic (exact) mass is 347 g/mol. The van der Waals surface area contributed by atoms with Crippen LogP contribution in [0.5, 0.6) is 5.75 Å². The first-order valence-corrected chi connectivity index (χ1v) is 8.72. The van der Waals surface area contributed by atoms with Crippen LogP contribution >= 0.6 is 0 Å². The predicted molar refractivity (Wildman–Crippen MR) is 104 cm³/mol. The number of fused-ring (bicyclic) bond motifs is 1. The van der Waals surface area contributed by atoms with Crippen LogP contribution in [0.15, 0.2) is 59.2 Å². The topological polar surface area (TPSA) is 41.2 Å². The molecule has 0 amide bonds. The number of nitrogens with one attached hydrogen (secondary N) is 1. The normalized spacial score (nSPS) is 15.7. The zero-order valence-corrected chi connectivity index (χ0v) is 15.5. The molecule has 1 aromatic carbocycles. The fourth-order valence-electron chi connectivity index (χ4n) is 3.77. The van der Waals surface area contributed by atoms with Gasteiger partial charge in [-0.2, -0.15) is 4.58 Å². The van der Waals surface area contributed by atoms with Gasteiger partial charge in [0.25, 0.3) is 0 Å². The SMILES string of the molecule is COc1cc(-c2ccco2)[nH]c1/C=C/C1=[N+](C)c2ccccc2C1(C)C. The summed E-state index contributed by atoms with van der Waals surface area (Å²) in [5.74, 6) is 1.59. The molecule has 3 heterocycles. The van der Waals surface area contributed by atoms with E-state index in [1.165, 1.54) is 17.0 Å². The Morgan fingerprint density at radius 3 is 2.62 bits per heavy atom. The van der Waals surface area contributed by atoms with E-state index in [-0.39, 0.29) is 5.41 Å². The number of benzene rings is 1. The number of rotatable bonds is 4. The lowest BCUT2D eigenvalue weighted by Gasteiger charge is -2.15. The summed E-state index contributed by atoms with van der Waals surface area (Å²) >= 11 is 0. The Morgan fingerprint density at radius 2 is 1.92 bits per heavy atom. The average Bonchev–Trinajstić information content (AvgIpc) is 3.33. The first-order valence-electron chi connectivity index (χ1n) is 8.72. The summed E-state index contributed by atoms with van der Waals surface area (Å²) in [6, 6.07) is 14.3. The van der Waals surface area contributed by atoms with Crippen LogP contribution in [0.1, 0.15) is 25.1 Å². The maximum absolute atomic E-state index is 5.53. The van der Waals surface area contributed by atoms with Crippen LogP contribution < -0.4 is 4.74 Å². The lowest BCUT2D eigenvalue weighted by molar-refractivity contribution is -0.401. The molecule has 4 rings (SSSR count). The van der Waals surface area contributed by atoms with Gasteiger partial charge in [0.1, 0.15) is 18.6 Å². The van der Waals surface area contributed by atoms with Gasteiger partial charge in [0.2, 0.25) is 5.69 Å². The summed E-state index contributed by atoms with van der Waals surface area (Å²) < 4.78 is 13.3. The van der Waals surface area contributed by atoms with E-state index in [1.54, 1.807) is 13.4 Å². The zero-order valence-electron chi connectivity index (χ0n) is 15.5. The van der Waals surface area contributed by atoms with Crippen LogP contribution in [0.25, 0.3) is 17.5 Å². The number of methoxy groups -OCH3 is 1. The van der Waals surface area contributed by atoms with Crippen molar-refractivity contribution in [2.24, 2.45) is 0 Å². The number of para-hydroxylation sites is 1. The minimum Gasteiger partial charge on any atom is -0.494 e. The van der Waals surface area contributed by atoms with Gasteiger partial charge in [0.15, 0.2) is 5.71 Å². The third-order valence-electron chi connectivity index (χ3n) is 5.17. The van der Waals surface area contributed by atoms with Crippen molar-refractivity contribution < 1.29 is 13.7 Å². The number of ether oxygens (including phenoxy) is 1. The van der Waals surface area contributed by atoms with Gasteiger partial charge in [-0.3, -0.25) is 0 Å². The van der Waals surface area contributed by atoms with Crippen molar-refractivity contribution in [3.63, 3.8) is 0 Å². The Morgan fingerprint density at radius 1 is 1.12 bits per heavy atom. The number of nitrogens with zero attached hydrogens (tertiary/aromatic N) is 1. The number of aromatic nitrogens is 1. The number of furan rings is 1. The Kier molecular flexibility index (Phi) is 3.83. The summed E-state index contributed by atoms with van der Waals surface area (Å²) in [6.07, 6.45) is 5.91. The maximum atomic E-state index is 5.53. The molecule has 2 aromatic heterocycles. The minimum absolute atomic E-state index is 0.0501. The van der Waals surface area contributed by atoms with E-state index in [9.17, 15) is 0 Å². The number of aromatic amines is 1. The lowest BCUT2D eigenvalue weighted by atomic mass is 9.81. The molecule has 0 aliphatic carbocycles. The second kappa shape index (κ2) is 6.06. The van der Waals surface area contributed by atoms with Crippen molar-refractivity contribution in [2.75, 3.05) is 14.2 Å². The number of hydrogen-bond acceptors (Lipinski definition) is 2. The summed E-state index contributed by atoms with van der Waals surface area (Å²) in [5.41, 5.74) is 5.62. The lowest BCUT2D eigenvalue weighted by Crippen LogP contribution is -2.26. The Balaban J connectivity index is 1.72. The molecule has 4 heteroatoms. The smallest absolute Gasteiger partial charge is 0.209 e. The molecule has 4 nitrogen and oxygen atoms in total. The van der Waals surface area contributed by atoms with Gasteiger partial charge in [0, 0.05) is 23.8 Å². The van der Waals surface area contributed by atoms with Crippen molar-refractivity contribution in [3.8, 4) is 17.2 Å². The summed E-state index contributed by atoms with van der Waals surface area (Å²) in [5, 5.41) is 0. The minimum atomic E-state index is -0.0501. The highest BCUT2D eigenvalue weighted by molar-refractivity contribution is 6.05. The van der Waals surface area contributed by atoms with Gasteiger partial charge in [0.05, 0.1) is 30.2 Å². The quantitative estimate of drug-likeness (QED) is 0.675. The summed E-state index contributed by atoms with van der Waals surface area (Å²) in [7, 11) is 3.80. The van der Waals surface area contributed by atoms with Crippen molar-refractivity contribution >= 4 is 17.5 Å². The van der Waals surface area contributed by atoms with Crippen molar-refractivity contribution in [1.29, 1.82) is 0 Å². The van der Waals surface area contributed by atoms with Gasteiger partial charge in [-0.05, 0) is 32.1 Å². The van der Waals surface area contributed by atoms with Crippen molar-refractivity contribution in [1.82, 2.24) is 4.98 Å². The van der Waals surface area contributed by atoms with Gasteiger partial charge in [-0.15, -0.1) is 0 Å². The molecular weight excluding hydrogens is 324 g/mol. The van der Waals surface area contributed by atoms with E-state index in [0.29, 0.717) is 0 Å². The standard InChI is InChI=1S/C22H22N2O2/c1-22(2)15-8-5-6-9-18(15)24(3)21(22)12-11-16-20(25-4)14-17(23-16)19-10-7-13-26-19/h5-14H,1-4H3/p+1. The van der Waals surface area contributed by atoms with Crippen LogP contribution in [-0.4, -0.2) is 29.4 Å². The van der Waals surface area contributed by atoms with Crippen molar-refractivity contribution in [3.05, 3.63) is 66.1 Å². The van der Waals surface area contributed by atoms with Crippen LogP contribution in [-0.2, 0) is 5.41 Å². The van der Waals surface area contributed by atoms with Crippen molar-refractivity contribution in [2.45, 2.75) is 19.3 Å². The molecule has 0 saturated heterocycles.